The maximum atomic E-state index is 9.92. The smallest absolute Gasteiger partial charge is 0.230 e. The maximum Gasteiger partial charge on any atom is 0.230 e. The monoisotopic (exact) mass is 290 g/mol. The number of nitrogens with two attached hydrogens (primary N) is 1. The van der Waals surface area contributed by atoms with Gasteiger partial charge in [-0.1, -0.05) is 38.5 Å². The van der Waals surface area contributed by atoms with Crippen molar-refractivity contribution in [1.29, 1.82) is 10.5 Å². The number of thioether (sulfide) groups is 1. The van der Waals surface area contributed by atoms with Crippen LogP contribution in [0.5, 0.6) is 0 Å². The SMILES string of the molecule is CCCC[C@]1(C)[C@]2(C#N)C(N)=N[C@@]3(OCCS3)[C@]12C#N. The number of nitrogens with zero attached hydrogens (tertiary/aromatic N) is 3. The summed E-state index contributed by atoms with van der Waals surface area (Å²) in [5.74, 6) is 1.07. The minimum absolute atomic E-state index is 0.287. The number of hydrogen-bond donors (Lipinski definition) is 1. The highest BCUT2D eigenvalue weighted by Crippen LogP contribution is 2.88. The van der Waals surface area contributed by atoms with Crippen LogP contribution >= 0.6 is 11.8 Å². The van der Waals surface area contributed by atoms with Crippen molar-refractivity contribution >= 4 is 17.6 Å². The highest BCUT2D eigenvalue weighted by atomic mass is 32.2. The van der Waals surface area contributed by atoms with E-state index >= 15 is 0 Å². The van der Waals surface area contributed by atoms with Crippen LogP contribution in [0.15, 0.2) is 4.99 Å². The van der Waals surface area contributed by atoms with Gasteiger partial charge in [-0.3, -0.25) is 0 Å². The Labute approximate surface area is 123 Å². The second kappa shape index (κ2) is 3.90. The standard InChI is InChI=1S/C14H18N4OS/c1-3-4-5-11(2)12(8-15)10(17)18-14(13(11,12)9-16)19-6-7-20-14/h3-7H2,1-2H3,(H2,17,18)/t11-,12+,13-,14-/m1/s1. The quantitative estimate of drug-likeness (QED) is 0.857. The summed E-state index contributed by atoms with van der Waals surface area (Å²) < 4.78 is 5.84. The first-order valence-electron chi connectivity index (χ1n) is 6.98. The van der Waals surface area contributed by atoms with Crippen LogP contribution in [0.1, 0.15) is 33.1 Å². The topological polar surface area (TPSA) is 95.2 Å². The van der Waals surface area contributed by atoms with Gasteiger partial charge in [0.1, 0.15) is 11.3 Å². The van der Waals surface area contributed by atoms with Gasteiger partial charge in [-0.05, 0) is 6.42 Å². The van der Waals surface area contributed by atoms with Crippen molar-refractivity contribution in [3.8, 4) is 12.1 Å². The Bertz CT molecular complexity index is 571. The Balaban J connectivity index is 2.16. The summed E-state index contributed by atoms with van der Waals surface area (Å²) in [5.41, 5.74) is 3.71. The third kappa shape index (κ3) is 1.02. The van der Waals surface area contributed by atoms with Gasteiger partial charge >= 0.3 is 0 Å². The summed E-state index contributed by atoms with van der Waals surface area (Å²) >= 11 is 1.52. The predicted molar refractivity (Wildman–Crippen MR) is 76.5 cm³/mol. The van der Waals surface area contributed by atoms with Crippen LogP contribution in [-0.4, -0.2) is 23.3 Å². The Hall–Kier alpha value is -1.24. The van der Waals surface area contributed by atoms with E-state index in [0.717, 1.165) is 25.0 Å². The van der Waals surface area contributed by atoms with Crippen molar-refractivity contribution in [2.45, 2.75) is 38.2 Å². The van der Waals surface area contributed by atoms with Crippen molar-refractivity contribution < 1.29 is 4.74 Å². The first-order chi connectivity index (χ1) is 9.52. The van der Waals surface area contributed by atoms with Crippen molar-refractivity contribution in [1.82, 2.24) is 0 Å². The first-order valence-corrected chi connectivity index (χ1v) is 7.96. The van der Waals surface area contributed by atoms with Crippen LogP contribution in [0.4, 0.5) is 0 Å². The third-order valence-electron chi connectivity index (χ3n) is 5.33. The normalized spacial score (nSPS) is 48.5. The molecule has 5 nitrogen and oxygen atoms in total. The van der Waals surface area contributed by atoms with E-state index in [1.807, 2.05) is 6.92 Å². The number of nitriles is 2. The zero-order chi connectivity index (χ0) is 14.6. The van der Waals surface area contributed by atoms with E-state index < -0.39 is 21.3 Å². The number of ether oxygens (including phenoxy) is 1. The number of fused-ring (bicyclic) bond motifs is 2. The molecule has 3 aliphatic rings. The summed E-state index contributed by atoms with van der Waals surface area (Å²) in [5, 5.41) is 18.7. The van der Waals surface area contributed by atoms with E-state index in [-0.39, 0.29) is 5.84 Å². The summed E-state index contributed by atoms with van der Waals surface area (Å²) in [4.78, 5) is 4.43. The van der Waals surface area contributed by atoms with Crippen molar-refractivity contribution in [2.24, 2.45) is 27.0 Å². The second-order valence-electron chi connectivity index (χ2n) is 5.94. The lowest BCUT2D eigenvalue weighted by Crippen LogP contribution is -2.36. The molecule has 0 amide bonds. The Kier molecular flexibility index (Phi) is 2.68. The average Bonchev–Trinajstić information content (AvgIpc) is 2.75. The van der Waals surface area contributed by atoms with Gasteiger partial charge in [0.05, 0.1) is 18.7 Å². The molecule has 0 aromatic heterocycles. The summed E-state index contributed by atoms with van der Waals surface area (Å²) in [6.07, 6.45) is 2.79. The van der Waals surface area contributed by atoms with Crippen LogP contribution in [0.25, 0.3) is 0 Å². The molecule has 1 saturated heterocycles. The van der Waals surface area contributed by atoms with E-state index in [1.54, 1.807) is 0 Å². The van der Waals surface area contributed by atoms with Crippen molar-refractivity contribution in [3.05, 3.63) is 0 Å². The van der Waals surface area contributed by atoms with E-state index in [4.69, 9.17) is 10.5 Å². The zero-order valence-electron chi connectivity index (χ0n) is 11.8. The lowest BCUT2D eigenvalue weighted by atomic mass is 9.87. The molecule has 1 aliphatic carbocycles. The Morgan fingerprint density at radius 3 is 2.70 bits per heavy atom. The number of amidine groups is 1. The van der Waals surface area contributed by atoms with Gasteiger partial charge in [0, 0.05) is 11.2 Å². The highest BCUT2D eigenvalue weighted by molar-refractivity contribution is 8.00. The number of hydrogen-bond acceptors (Lipinski definition) is 6. The minimum Gasteiger partial charge on any atom is -0.386 e. The van der Waals surface area contributed by atoms with Crippen molar-refractivity contribution in [2.75, 3.05) is 12.4 Å². The molecule has 2 heterocycles. The van der Waals surface area contributed by atoms with Crippen LogP contribution in [0.3, 0.4) is 0 Å². The second-order valence-corrected chi connectivity index (χ2v) is 7.19. The number of rotatable bonds is 3. The van der Waals surface area contributed by atoms with E-state index in [0.29, 0.717) is 6.61 Å². The molecule has 6 heteroatoms. The average molecular weight is 290 g/mol. The fraction of sp³-hybridized carbons (Fsp3) is 0.786. The molecule has 0 unspecified atom stereocenters. The molecular weight excluding hydrogens is 272 g/mol. The van der Waals surface area contributed by atoms with Gasteiger partial charge in [0.15, 0.2) is 5.41 Å². The summed E-state index contributed by atoms with van der Waals surface area (Å²) in [6, 6.07) is 4.74. The van der Waals surface area contributed by atoms with Crippen LogP contribution < -0.4 is 5.73 Å². The van der Waals surface area contributed by atoms with Crippen molar-refractivity contribution in [3.63, 3.8) is 0 Å². The van der Waals surface area contributed by atoms with Gasteiger partial charge in [-0.15, -0.1) is 0 Å². The lowest BCUT2D eigenvalue weighted by molar-refractivity contribution is 0.00809. The first kappa shape index (κ1) is 13.7. The molecule has 0 aromatic carbocycles. The molecule has 1 spiro atoms. The molecule has 1 saturated carbocycles. The molecule has 4 atom stereocenters. The fourth-order valence-electron chi connectivity index (χ4n) is 4.30. The van der Waals surface area contributed by atoms with E-state index in [1.165, 1.54) is 11.8 Å². The van der Waals surface area contributed by atoms with E-state index in [9.17, 15) is 10.5 Å². The molecule has 2 N–H and O–H groups in total. The summed E-state index contributed by atoms with van der Waals surface area (Å²) in [7, 11) is 0. The highest BCUT2D eigenvalue weighted by Gasteiger charge is 2.98. The predicted octanol–water partition coefficient (Wildman–Crippen LogP) is 2.00. The van der Waals surface area contributed by atoms with E-state index in [2.05, 4.69) is 24.1 Å². The van der Waals surface area contributed by atoms with Gasteiger partial charge in [0.2, 0.25) is 5.06 Å². The van der Waals surface area contributed by atoms with Gasteiger partial charge < -0.3 is 10.5 Å². The molecule has 106 valence electrons. The van der Waals surface area contributed by atoms with Gasteiger partial charge in [0.25, 0.3) is 0 Å². The molecular formula is C14H18N4OS. The molecule has 2 aliphatic heterocycles. The molecule has 0 aromatic rings. The lowest BCUT2D eigenvalue weighted by Gasteiger charge is -2.29. The molecule has 0 radical (unpaired) electrons. The van der Waals surface area contributed by atoms with Crippen LogP contribution in [0, 0.1) is 38.9 Å². The third-order valence-corrected chi connectivity index (χ3v) is 6.60. The zero-order valence-corrected chi connectivity index (χ0v) is 12.6. The molecule has 0 bridgehead atoms. The Morgan fingerprint density at radius 1 is 1.45 bits per heavy atom. The molecule has 20 heavy (non-hydrogen) atoms. The summed E-state index contributed by atoms with van der Waals surface area (Å²) in [6.45, 7) is 4.66. The largest absolute Gasteiger partial charge is 0.386 e. The van der Waals surface area contributed by atoms with Crippen LogP contribution in [-0.2, 0) is 4.74 Å². The fourth-order valence-corrected chi connectivity index (χ4v) is 5.71. The molecule has 3 rings (SSSR count). The van der Waals surface area contributed by atoms with Crippen LogP contribution in [0.2, 0.25) is 0 Å². The maximum absolute atomic E-state index is 9.92. The number of aliphatic imine (C=N–C) groups is 1. The molecule has 2 fully saturated rings. The van der Waals surface area contributed by atoms with Gasteiger partial charge in [-0.2, -0.15) is 10.5 Å². The Morgan fingerprint density at radius 2 is 2.20 bits per heavy atom. The minimum atomic E-state index is -0.985. The van der Waals surface area contributed by atoms with Gasteiger partial charge in [-0.25, -0.2) is 4.99 Å². The number of unbranched alkanes of at least 4 members (excludes halogenated alkanes) is 1.